The molecule has 4 unspecified atom stereocenters. The van der Waals surface area contributed by atoms with Crippen LogP contribution in [0.5, 0.6) is 0 Å². The Morgan fingerprint density at radius 3 is 2.54 bits per heavy atom. The van der Waals surface area contributed by atoms with Gasteiger partial charge in [0.25, 0.3) is 0 Å². The third-order valence-corrected chi connectivity index (χ3v) is 9.57. The lowest BCUT2D eigenvalue weighted by atomic mass is 9.95. The Morgan fingerprint density at radius 1 is 1.10 bits per heavy atom. The van der Waals surface area contributed by atoms with Gasteiger partial charge in [-0.1, -0.05) is 68.5 Å². The number of allylic oxidation sites excluding steroid dienone is 8. The van der Waals surface area contributed by atoms with Crippen LogP contribution in [0.1, 0.15) is 85.0 Å². The summed E-state index contributed by atoms with van der Waals surface area (Å²) in [6.07, 6.45) is 30.0. The number of carboxylic acids is 1. The molecule has 2 N–H and O–H groups in total. The second-order valence-corrected chi connectivity index (χ2v) is 13.5. The molecule has 2 aliphatic heterocycles. The summed E-state index contributed by atoms with van der Waals surface area (Å²) in [5, 5.41) is 20.4. The molecule has 1 fully saturated rings. The Hall–Kier alpha value is -3.26. The molecule has 2 heterocycles. The van der Waals surface area contributed by atoms with Gasteiger partial charge in [0, 0.05) is 44.0 Å². The SMILES string of the molecule is C=CC1=C(/C=C\CC)C=CN(C2CCN(C(O)C3=CC(N=C(C)CCCCCC(=O)O)C(N=C/C(C)=C/CC(Cl)C=C)C=C3)CC2)CC1. The Kier molecular flexibility index (Phi) is 17.1. The van der Waals surface area contributed by atoms with Crippen molar-refractivity contribution in [1.82, 2.24) is 9.80 Å². The number of alkyl halides is 1. The highest BCUT2D eigenvalue weighted by Crippen LogP contribution is 2.27. The summed E-state index contributed by atoms with van der Waals surface area (Å²) >= 11 is 6.20. The number of hydrogen-bond donors (Lipinski definition) is 2. The van der Waals surface area contributed by atoms with Gasteiger partial charge in [0.05, 0.1) is 17.5 Å². The number of carboxylic acid groups (broad SMARTS) is 1. The van der Waals surface area contributed by atoms with E-state index in [9.17, 15) is 9.90 Å². The normalized spacial score (nSPS) is 23.1. The summed E-state index contributed by atoms with van der Waals surface area (Å²) in [5.41, 5.74) is 5.42. The van der Waals surface area contributed by atoms with E-state index in [0.717, 1.165) is 81.4 Å². The van der Waals surface area contributed by atoms with Crippen LogP contribution in [-0.2, 0) is 4.79 Å². The van der Waals surface area contributed by atoms with Crippen LogP contribution in [0, 0.1) is 0 Å². The van der Waals surface area contributed by atoms with Gasteiger partial charge in [-0.25, -0.2) is 0 Å². The fourth-order valence-electron chi connectivity index (χ4n) is 6.26. The van der Waals surface area contributed by atoms with Crippen molar-refractivity contribution < 1.29 is 15.0 Å². The molecule has 4 atom stereocenters. The molecule has 1 saturated heterocycles. The van der Waals surface area contributed by atoms with E-state index >= 15 is 0 Å². The molecule has 1 aliphatic carbocycles. The summed E-state index contributed by atoms with van der Waals surface area (Å²) in [4.78, 5) is 25.4. The second-order valence-electron chi connectivity index (χ2n) is 13.0. The summed E-state index contributed by atoms with van der Waals surface area (Å²) in [6, 6.07) is 0.00956. The van der Waals surface area contributed by atoms with E-state index in [-0.39, 0.29) is 23.9 Å². The number of likely N-dealkylation sites (tertiary alicyclic amines) is 1. The molecule has 0 spiro atoms. The number of unbranched alkanes of at least 4 members (excludes halogenated alkanes) is 2. The number of aliphatic imine (C=N–C) groups is 2. The quantitative estimate of drug-likeness (QED) is 0.0659. The number of hydrogen-bond acceptors (Lipinski definition) is 6. The number of piperidine rings is 1. The van der Waals surface area contributed by atoms with Gasteiger partial charge in [-0.05, 0) is 99.8 Å². The minimum absolute atomic E-state index is 0.112. The Labute approximate surface area is 294 Å². The summed E-state index contributed by atoms with van der Waals surface area (Å²) in [7, 11) is 0. The van der Waals surface area contributed by atoms with E-state index in [1.807, 2.05) is 38.3 Å². The van der Waals surface area contributed by atoms with Gasteiger partial charge in [0.2, 0.25) is 0 Å². The molecule has 0 aromatic heterocycles. The highest BCUT2D eigenvalue weighted by molar-refractivity contribution is 6.21. The van der Waals surface area contributed by atoms with Gasteiger partial charge < -0.3 is 15.1 Å². The van der Waals surface area contributed by atoms with Crippen molar-refractivity contribution in [2.75, 3.05) is 19.6 Å². The van der Waals surface area contributed by atoms with Gasteiger partial charge in [-0.3, -0.25) is 19.7 Å². The van der Waals surface area contributed by atoms with Gasteiger partial charge in [-0.15, -0.1) is 18.2 Å². The molecular formula is C40H57ClN4O3. The first kappa shape index (κ1) is 39.2. The lowest BCUT2D eigenvalue weighted by Crippen LogP contribution is -2.47. The van der Waals surface area contributed by atoms with Gasteiger partial charge in [0.1, 0.15) is 6.23 Å². The van der Waals surface area contributed by atoms with Gasteiger partial charge >= 0.3 is 5.97 Å². The van der Waals surface area contributed by atoms with E-state index in [1.54, 1.807) is 6.08 Å². The Bertz CT molecular complexity index is 1330. The molecule has 3 aliphatic rings. The molecule has 0 aromatic rings. The predicted octanol–water partition coefficient (Wildman–Crippen LogP) is 8.37. The Balaban J connectivity index is 1.67. The molecule has 0 bridgehead atoms. The summed E-state index contributed by atoms with van der Waals surface area (Å²) < 4.78 is 0. The maximum absolute atomic E-state index is 11.6. The maximum Gasteiger partial charge on any atom is 0.303 e. The molecule has 48 heavy (non-hydrogen) atoms. The van der Waals surface area contributed by atoms with Crippen LogP contribution in [0.4, 0.5) is 0 Å². The number of aliphatic carboxylic acids is 1. The molecular weight excluding hydrogens is 620 g/mol. The van der Waals surface area contributed by atoms with Gasteiger partial charge in [-0.2, -0.15) is 0 Å². The number of aliphatic hydroxyl groups excluding tert-OH is 1. The zero-order valence-electron chi connectivity index (χ0n) is 29.3. The number of aliphatic hydroxyl groups is 1. The highest BCUT2D eigenvalue weighted by atomic mass is 35.5. The minimum Gasteiger partial charge on any atom is -0.481 e. The zero-order valence-corrected chi connectivity index (χ0v) is 30.1. The van der Waals surface area contributed by atoms with Gasteiger partial charge in [0.15, 0.2) is 0 Å². The van der Waals surface area contributed by atoms with E-state index in [4.69, 9.17) is 26.7 Å². The van der Waals surface area contributed by atoms with Crippen molar-refractivity contribution in [3.63, 3.8) is 0 Å². The van der Waals surface area contributed by atoms with Crippen molar-refractivity contribution in [2.24, 2.45) is 9.98 Å². The Morgan fingerprint density at radius 2 is 1.85 bits per heavy atom. The van der Waals surface area contributed by atoms with Crippen LogP contribution in [0.2, 0.25) is 0 Å². The zero-order chi connectivity index (χ0) is 34.9. The van der Waals surface area contributed by atoms with Crippen molar-refractivity contribution in [1.29, 1.82) is 0 Å². The van der Waals surface area contributed by atoms with Crippen LogP contribution < -0.4 is 0 Å². The fraction of sp³-hybridized carbons (Fsp3) is 0.525. The highest BCUT2D eigenvalue weighted by Gasteiger charge is 2.30. The van der Waals surface area contributed by atoms with Crippen LogP contribution in [0.15, 0.2) is 106 Å². The lowest BCUT2D eigenvalue weighted by Gasteiger charge is -2.40. The summed E-state index contributed by atoms with van der Waals surface area (Å²) in [6.45, 7) is 16.6. The number of nitrogens with zero attached hydrogens (tertiary/aromatic N) is 4. The average Bonchev–Trinajstić information content (AvgIpc) is 3.30. The summed E-state index contributed by atoms with van der Waals surface area (Å²) in [5.74, 6) is -0.752. The predicted molar refractivity (Wildman–Crippen MR) is 203 cm³/mol. The van der Waals surface area contributed by atoms with E-state index < -0.39 is 12.2 Å². The topological polar surface area (TPSA) is 88.7 Å². The van der Waals surface area contributed by atoms with Crippen molar-refractivity contribution in [2.45, 2.75) is 115 Å². The first-order chi connectivity index (χ1) is 23.1. The van der Waals surface area contributed by atoms with Crippen LogP contribution >= 0.6 is 11.6 Å². The van der Waals surface area contributed by atoms with E-state index in [0.29, 0.717) is 18.9 Å². The monoisotopic (exact) mass is 676 g/mol. The maximum atomic E-state index is 11.6. The molecule has 0 saturated carbocycles. The lowest BCUT2D eigenvalue weighted by molar-refractivity contribution is -0.137. The molecule has 262 valence electrons. The average molecular weight is 677 g/mol. The van der Waals surface area contributed by atoms with Crippen LogP contribution in [0.25, 0.3) is 0 Å². The van der Waals surface area contributed by atoms with E-state index in [2.05, 4.69) is 66.5 Å². The van der Waals surface area contributed by atoms with Crippen molar-refractivity contribution in [3.05, 3.63) is 96.3 Å². The number of carbonyl (C=O) groups is 1. The molecule has 0 aromatic carbocycles. The van der Waals surface area contributed by atoms with Crippen molar-refractivity contribution in [3.8, 4) is 0 Å². The molecule has 8 heteroatoms. The standard InChI is InChI=1S/C40H57ClN4O3/c1-6-9-14-33-21-25-44(24-20-32(33)7-2)36-22-26-45(27-23-36)40(48)34-17-19-37(42-29-30(4)16-18-35(41)8-3)38(28-34)43-31(5)13-11-10-12-15-39(46)47/h7-9,14,16-17,19,21,25,28-29,35-38,40,48H,2-3,6,10-13,15,18,20,22-24,26-27H2,1,4-5H3,(H,46,47)/b14-9-,30-16+,42-29?,43-31?. The fourth-order valence-corrected chi connectivity index (χ4v) is 6.35. The van der Waals surface area contributed by atoms with Crippen LogP contribution in [0.3, 0.4) is 0 Å². The van der Waals surface area contributed by atoms with Crippen molar-refractivity contribution >= 4 is 29.5 Å². The second kappa shape index (κ2) is 21.0. The molecule has 3 rings (SSSR count). The third kappa shape index (κ3) is 13.0. The first-order valence-corrected chi connectivity index (χ1v) is 18.1. The van der Waals surface area contributed by atoms with E-state index in [1.165, 1.54) is 11.1 Å². The number of halogens is 1. The third-order valence-electron chi connectivity index (χ3n) is 9.22. The minimum atomic E-state index is -0.752. The molecule has 0 amide bonds. The first-order valence-electron chi connectivity index (χ1n) is 17.6. The largest absolute Gasteiger partial charge is 0.481 e. The van der Waals surface area contributed by atoms with Crippen LogP contribution in [-0.4, -0.2) is 87.3 Å². The smallest absolute Gasteiger partial charge is 0.303 e. The molecule has 7 nitrogen and oxygen atoms in total. The molecule has 0 radical (unpaired) electrons. The number of rotatable bonds is 18.